The minimum Gasteiger partial charge on any atom is -0.491 e. The average Bonchev–Trinajstić information content (AvgIpc) is 3.12. The number of amides is 1. The Labute approximate surface area is 146 Å². The lowest BCUT2D eigenvalue weighted by Crippen LogP contribution is -2.42. The number of nitrogens with zero attached hydrogens (tertiary/aromatic N) is 3. The predicted octanol–water partition coefficient (Wildman–Crippen LogP) is 1.45. The number of nitrogens with two attached hydrogens (primary N) is 1. The molecule has 0 spiro atoms. The Morgan fingerprint density at radius 2 is 2.04 bits per heavy atom. The third-order valence-electron chi connectivity index (χ3n) is 5.07. The van der Waals surface area contributed by atoms with Crippen molar-refractivity contribution in [1.82, 2.24) is 20.3 Å². The minimum absolute atomic E-state index is 0.0553. The Hall–Kier alpha value is -2.41. The van der Waals surface area contributed by atoms with Crippen LogP contribution < -0.4 is 15.8 Å². The Morgan fingerprint density at radius 1 is 1.24 bits per heavy atom. The van der Waals surface area contributed by atoms with Crippen LogP contribution in [0.2, 0.25) is 0 Å². The van der Waals surface area contributed by atoms with Gasteiger partial charge >= 0.3 is 0 Å². The molecule has 2 heterocycles. The third-order valence-corrected chi connectivity index (χ3v) is 5.07. The van der Waals surface area contributed by atoms with Crippen LogP contribution in [0.4, 0.5) is 0 Å². The molecule has 7 heteroatoms. The van der Waals surface area contributed by atoms with Crippen LogP contribution in [0, 0.1) is 0 Å². The van der Waals surface area contributed by atoms with Gasteiger partial charge in [-0.15, -0.1) is 5.10 Å². The number of ether oxygens (including phenoxy) is 1. The highest BCUT2D eigenvalue weighted by Gasteiger charge is 2.25. The Kier molecular flexibility index (Phi) is 4.40. The Bertz CT molecular complexity index is 751. The van der Waals surface area contributed by atoms with Gasteiger partial charge in [0.1, 0.15) is 12.4 Å². The van der Waals surface area contributed by atoms with Gasteiger partial charge in [0.2, 0.25) is 0 Å². The quantitative estimate of drug-likeness (QED) is 0.881. The van der Waals surface area contributed by atoms with Crippen molar-refractivity contribution < 1.29 is 9.53 Å². The van der Waals surface area contributed by atoms with E-state index in [2.05, 4.69) is 15.6 Å². The number of rotatable bonds is 3. The summed E-state index contributed by atoms with van der Waals surface area (Å²) >= 11 is 0. The van der Waals surface area contributed by atoms with Crippen molar-refractivity contribution in [2.24, 2.45) is 5.73 Å². The normalized spacial score (nSPS) is 25.7. The summed E-state index contributed by atoms with van der Waals surface area (Å²) in [6.07, 6.45) is 6.46. The van der Waals surface area contributed by atoms with Gasteiger partial charge in [0.25, 0.3) is 5.91 Å². The van der Waals surface area contributed by atoms with E-state index in [9.17, 15) is 4.79 Å². The van der Waals surface area contributed by atoms with Crippen LogP contribution in [0.1, 0.15) is 47.8 Å². The first kappa shape index (κ1) is 16.1. The van der Waals surface area contributed by atoms with E-state index in [1.165, 1.54) is 0 Å². The molecule has 0 unspecified atom stereocenters. The summed E-state index contributed by atoms with van der Waals surface area (Å²) in [4.78, 5) is 12.5. The third kappa shape index (κ3) is 3.51. The van der Waals surface area contributed by atoms with Gasteiger partial charge in [-0.25, -0.2) is 4.68 Å². The Morgan fingerprint density at radius 3 is 2.88 bits per heavy atom. The lowest BCUT2D eigenvalue weighted by Gasteiger charge is -2.26. The molecule has 1 aliphatic carbocycles. The van der Waals surface area contributed by atoms with E-state index >= 15 is 0 Å². The first-order valence-corrected chi connectivity index (χ1v) is 8.88. The first-order valence-electron chi connectivity index (χ1n) is 8.88. The maximum atomic E-state index is 12.5. The van der Waals surface area contributed by atoms with E-state index in [-0.39, 0.29) is 18.0 Å². The van der Waals surface area contributed by atoms with E-state index < -0.39 is 0 Å². The number of carbonyl (C=O) groups is 1. The number of aromatic nitrogens is 3. The molecule has 0 bridgehead atoms. The highest BCUT2D eigenvalue weighted by atomic mass is 16.5. The summed E-state index contributed by atoms with van der Waals surface area (Å²) in [5.41, 5.74) is 7.41. The molecule has 1 saturated carbocycles. The van der Waals surface area contributed by atoms with E-state index in [1.54, 1.807) is 6.20 Å². The van der Waals surface area contributed by atoms with E-state index in [4.69, 9.17) is 10.5 Å². The Balaban J connectivity index is 1.37. The van der Waals surface area contributed by atoms with Crippen LogP contribution >= 0.6 is 0 Å². The molecule has 132 valence electrons. The fraction of sp³-hybridized carbons (Fsp3) is 0.500. The van der Waals surface area contributed by atoms with Gasteiger partial charge in [0.05, 0.1) is 18.3 Å². The topological polar surface area (TPSA) is 95.1 Å². The number of nitrogens with one attached hydrogen (secondary N) is 1. The molecular weight excluding hydrogens is 318 g/mol. The zero-order valence-corrected chi connectivity index (χ0v) is 14.1. The van der Waals surface area contributed by atoms with Gasteiger partial charge in [-0.3, -0.25) is 4.79 Å². The maximum Gasteiger partial charge on any atom is 0.273 e. The van der Waals surface area contributed by atoms with Gasteiger partial charge in [-0.2, -0.15) is 0 Å². The van der Waals surface area contributed by atoms with E-state index in [1.807, 2.05) is 28.9 Å². The van der Waals surface area contributed by atoms with Crippen LogP contribution in [-0.4, -0.2) is 39.6 Å². The molecule has 7 nitrogen and oxygen atoms in total. The van der Waals surface area contributed by atoms with Crippen molar-refractivity contribution in [2.75, 3.05) is 6.61 Å². The summed E-state index contributed by atoms with van der Waals surface area (Å²) in [6, 6.07) is 8.44. The number of hydrogen-bond donors (Lipinski definition) is 2. The average molecular weight is 341 g/mol. The lowest BCUT2D eigenvalue weighted by molar-refractivity contribution is 0.0910. The second kappa shape index (κ2) is 6.84. The molecule has 1 amide bonds. The SMILES string of the molecule is NC1CCC(n2cc(C(=O)N[C@@H]3COc4ccccc4C3)nn2)CC1. The van der Waals surface area contributed by atoms with Crippen LogP contribution in [0.3, 0.4) is 0 Å². The van der Waals surface area contributed by atoms with E-state index in [0.717, 1.165) is 43.4 Å². The zero-order chi connectivity index (χ0) is 17.2. The van der Waals surface area contributed by atoms with Gasteiger partial charge in [-0.05, 0) is 43.7 Å². The van der Waals surface area contributed by atoms with Crippen LogP contribution in [0.5, 0.6) is 5.75 Å². The van der Waals surface area contributed by atoms with Crippen molar-refractivity contribution in [3.63, 3.8) is 0 Å². The number of hydrogen-bond acceptors (Lipinski definition) is 5. The molecule has 1 aromatic heterocycles. The summed E-state index contributed by atoms with van der Waals surface area (Å²) in [5, 5.41) is 11.2. The lowest BCUT2D eigenvalue weighted by atomic mass is 9.92. The first-order chi connectivity index (χ1) is 12.2. The monoisotopic (exact) mass is 341 g/mol. The number of benzene rings is 1. The van der Waals surface area contributed by atoms with Crippen LogP contribution in [0.25, 0.3) is 0 Å². The summed E-state index contributed by atoms with van der Waals surface area (Å²) in [7, 11) is 0. The largest absolute Gasteiger partial charge is 0.491 e. The molecule has 3 N–H and O–H groups in total. The second-order valence-corrected chi connectivity index (χ2v) is 6.95. The van der Waals surface area contributed by atoms with Gasteiger partial charge in [0, 0.05) is 6.04 Å². The molecule has 1 aromatic carbocycles. The highest BCUT2D eigenvalue weighted by molar-refractivity contribution is 5.92. The maximum absolute atomic E-state index is 12.5. The molecule has 1 atom stereocenters. The molecule has 25 heavy (non-hydrogen) atoms. The van der Waals surface area contributed by atoms with Crippen molar-refractivity contribution in [2.45, 2.75) is 50.2 Å². The number of fused-ring (bicyclic) bond motifs is 1. The second-order valence-electron chi connectivity index (χ2n) is 6.95. The van der Waals surface area contributed by atoms with Crippen LogP contribution in [0.15, 0.2) is 30.5 Å². The van der Waals surface area contributed by atoms with Crippen molar-refractivity contribution >= 4 is 5.91 Å². The smallest absolute Gasteiger partial charge is 0.273 e. The molecule has 2 aliphatic rings. The van der Waals surface area contributed by atoms with Gasteiger partial charge in [0.15, 0.2) is 5.69 Å². The molecule has 1 fully saturated rings. The standard InChI is InChI=1S/C18H23N5O2/c19-13-5-7-15(8-6-13)23-10-16(21-22-23)18(24)20-14-9-12-3-1-2-4-17(12)25-11-14/h1-4,10,13-15H,5-9,11,19H2,(H,20,24)/t13?,14-,15?/m0/s1. The van der Waals surface area contributed by atoms with E-state index in [0.29, 0.717) is 18.3 Å². The summed E-state index contributed by atoms with van der Waals surface area (Å²) in [5.74, 6) is 0.696. The molecule has 1 aliphatic heterocycles. The van der Waals surface area contributed by atoms with Gasteiger partial charge in [-0.1, -0.05) is 23.4 Å². The fourth-order valence-corrected chi connectivity index (χ4v) is 3.61. The number of carbonyl (C=O) groups excluding carboxylic acids is 1. The summed E-state index contributed by atoms with van der Waals surface area (Å²) in [6.45, 7) is 0.470. The molecule has 0 radical (unpaired) electrons. The zero-order valence-electron chi connectivity index (χ0n) is 14.1. The summed E-state index contributed by atoms with van der Waals surface area (Å²) < 4.78 is 7.53. The molecule has 2 aromatic rings. The number of para-hydroxylation sites is 1. The predicted molar refractivity (Wildman–Crippen MR) is 92.4 cm³/mol. The molecular formula is C18H23N5O2. The van der Waals surface area contributed by atoms with Crippen LogP contribution in [-0.2, 0) is 6.42 Å². The molecule has 4 rings (SSSR count). The van der Waals surface area contributed by atoms with Crippen molar-refractivity contribution in [3.8, 4) is 5.75 Å². The van der Waals surface area contributed by atoms with Crippen molar-refractivity contribution in [1.29, 1.82) is 0 Å². The minimum atomic E-state index is -0.202. The fourth-order valence-electron chi connectivity index (χ4n) is 3.61. The van der Waals surface area contributed by atoms with Gasteiger partial charge < -0.3 is 15.8 Å². The highest BCUT2D eigenvalue weighted by Crippen LogP contribution is 2.27. The molecule has 0 saturated heterocycles. The van der Waals surface area contributed by atoms with Crippen molar-refractivity contribution in [3.05, 3.63) is 41.7 Å².